The highest BCUT2D eigenvalue weighted by molar-refractivity contribution is 5.90. The number of Topliss-reactive ketones (excluding diaryl/α,β-unsaturated/α-hetero) is 1. The van der Waals surface area contributed by atoms with E-state index in [0.29, 0.717) is 11.7 Å². The maximum Gasteiger partial charge on any atom is 0.143 e. The van der Waals surface area contributed by atoms with Crippen LogP contribution in [0.1, 0.15) is 33.1 Å². The highest BCUT2D eigenvalue weighted by Gasteiger charge is 2.47. The Labute approximate surface area is 79.5 Å². The Balaban J connectivity index is 2.45. The number of ketones is 1. The summed E-state index contributed by atoms with van der Waals surface area (Å²) in [6.45, 7) is 4.26. The van der Waals surface area contributed by atoms with Gasteiger partial charge in [0.1, 0.15) is 5.78 Å². The van der Waals surface area contributed by atoms with Crippen LogP contribution in [0.15, 0.2) is 23.8 Å². The van der Waals surface area contributed by atoms with Gasteiger partial charge in [-0.1, -0.05) is 30.7 Å². The smallest absolute Gasteiger partial charge is 0.143 e. The lowest BCUT2D eigenvalue weighted by Gasteiger charge is -2.35. The van der Waals surface area contributed by atoms with Gasteiger partial charge in [0, 0.05) is 6.42 Å². The Kier molecular flexibility index (Phi) is 1.90. The van der Waals surface area contributed by atoms with Gasteiger partial charge in [0.05, 0.1) is 5.41 Å². The molecule has 0 N–H and O–H groups in total. The molecule has 0 aromatic rings. The molecule has 2 atom stereocenters. The third-order valence-electron chi connectivity index (χ3n) is 3.70. The molecule has 0 saturated heterocycles. The van der Waals surface area contributed by atoms with E-state index in [4.69, 9.17) is 0 Å². The van der Waals surface area contributed by atoms with Crippen molar-refractivity contribution >= 4 is 5.78 Å². The molecule has 0 aromatic heterocycles. The van der Waals surface area contributed by atoms with Gasteiger partial charge in [-0.05, 0) is 25.7 Å². The first kappa shape index (κ1) is 8.74. The first-order valence-corrected chi connectivity index (χ1v) is 5.07. The molecule has 2 rings (SSSR count). The fourth-order valence-corrected chi connectivity index (χ4v) is 2.83. The van der Waals surface area contributed by atoms with Crippen molar-refractivity contribution in [1.29, 1.82) is 0 Å². The average molecular weight is 176 g/mol. The van der Waals surface area contributed by atoms with Crippen LogP contribution in [0.4, 0.5) is 0 Å². The van der Waals surface area contributed by atoms with Crippen LogP contribution in [0.3, 0.4) is 0 Å². The summed E-state index contributed by atoms with van der Waals surface area (Å²) in [4.78, 5) is 11.9. The van der Waals surface area contributed by atoms with E-state index in [2.05, 4.69) is 32.1 Å². The van der Waals surface area contributed by atoms with Gasteiger partial charge in [0.25, 0.3) is 0 Å². The quantitative estimate of drug-likeness (QED) is 0.554. The predicted molar refractivity (Wildman–Crippen MR) is 53.4 cm³/mol. The van der Waals surface area contributed by atoms with Gasteiger partial charge in [0.15, 0.2) is 0 Å². The summed E-state index contributed by atoms with van der Waals surface area (Å²) in [6.07, 6.45) is 9.25. The highest BCUT2D eigenvalue weighted by atomic mass is 16.1. The van der Waals surface area contributed by atoms with E-state index >= 15 is 0 Å². The van der Waals surface area contributed by atoms with Gasteiger partial charge in [0.2, 0.25) is 0 Å². The summed E-state index contributed by atoms with van der Waals surface area (Å²) in [7, 11) is 0. The second-order valence-electron chi connectivity index (χ2n) is 4.27. The number of rotatable bonds is 0. The van der Waals surface area contributed by atoms with Crippen molar-refractivity contribution in [3.63, 3.8) is 0 Å². The Morgan fingerprint density at radius 3 is 2.85 bits per heavy atom. The topological polar surface area (TPSA) is 17.1 Å². The van der Waals surface area contributed by atoms with Gasteiger partial charge >= 0.3 is 0 Å². The Bertz CT molecular complexity index is 298. The van der Waals surface area contributed by atoms with Crippen molar-refractivity contribution in [1.82, 2.24) is 0 Å². The fourth-order valence-electron chi connectivity index (χ4n) is 2.83. The van der Waals surface area contributed by atoms with Crippen LogP contribution in [0.2, 0.25) is 0 Å². The molecule has 1 nitrogen and oxygen atoms in total. The standard InChI is InChI=1S/C12H16O/c1-9-5-3-6-10(2)12(9)8-4-7-11(12)13/h3,5-6,9H,4,7-8H2,1-2H3/t9-,12-/m1/s1. The molecule has 0 radical (unpaired) electrons. The van der Waals surface area contributed by atoms with Crippen LogP contribution in [-0.4, -0.2) is 5.78 Å². The third-order valence-corrected chi connectivity index (χ3v) is 3.70. The number of allylic oxidation sites excluding steroid dienone is 4. The van der Waals surface area contributed by atoms with Crippen LogP contribution in [-0.2, 0) is 4.79 Å². The summed E-state index contributed by atoms with van der Waals surface area (Å²) >= 11 is 0. The van der Waals surface area contributed by atoms with E-state index in [0.717, 1.165) is 19.3 Å². The largest absolute Gasteiger partial charge is 0.299 e. The van der Waals surface area contributed by atoms with E-state index in [9.17, 15) is 4.79 Å². The second-order valence-corrected chi connectivity index (χ2v) is 4.27. The van der Waals surface area contributed by atoms with Gasteiger partial charge in [-0.2, -0.15) is 0 Å². The van der Waals surface area contributed by atoms with E-state index in [-0.39, 0.29) is 5.41 Å². The van der Waals surface area contributed by atoms with Crippen molar-refractivity contribution in [2.45, 2.75) is 33.1 Å². The molecule has 0 bridgehead atoms. The second kappa shape index (κ2) is 2.83. The molecular weight excluding hydrogens is 160 g/mol. The molecule has 1 fully saturated rings. The zero-order chi connectivity index (χ0) is 9.47. The maximum absolute atomic E-state index is 11.9. The first-order valence-electron chi connectivity index (χ1n) is 5.07. The minimum absolute atomic E-state index is 0.116. The molecule has 0 heterocycles. The average Bonchev–Trinajstić information content (AvgIpc) is 2.45. The summed E-state index contributed by atoms with van der Waals surface area (Å²) in [6, 6.07) is 0. The van der Waals surface area contributed by atoms with Crippen molar-refractivity contribution in [2.24, 2.45) is 11.3 Å². The zero-order valence-corrected chi connectivity index (χ0v) is 8.34. The SMILES string of the molecule is CC1=CC=C[C@@H](C)[C@]12CCCC2=O. The summed E-state index contributed by atoms with van der Waals surface area (Å²) < 4.78 is 0. The third kappa shape index (κ3) is 1.03. The maximum atomic E-state index is 11.9. The van der Waals surface area contributed by atoms with Gasteiger partial charge < -0.3 is 0 Å². The Morgan fingerprint density at radius 1 is 1.54 bits per heavy atom. The predicted octanol–water partition coefficient (Wildman–Crippen LogP) is 2.88. The van der Waals surface area contributed by atoms with Gasteiger partial charge in [-0.3, -0.25) is 4.79 Å². The minimum Gasteiger partial charge on any atom is -0.299 e. The molecule has 2 aliphatic carbocycles. The summed E-state index contributed by atoms with van der Waals surface area (Å²) in [5.41, 5.74) is 1.15. The van der Waals surface area contributed by atoms with Crippen LogP contribution >= 0.6 is 0 Å². The van der Waals surface area contributed by atoms with Crippen molar-refractivity contribution < 1.29 is 4.79 Å². The van der Waals surface area contributed by atoms with E-state index in [1.807, 2.05) is 0 Å². The molecule has 1 spiro atoms. The number of carbonyl (C=O) groups excluding carboxylic acids is 1. The number of hydrogen-bond donors (Lipinski definition) is 0. The summed E-state index contributed by atoms with van der Waals surface area (Å²) in [5.74, 6) is 0.852. The van der Waals surface area contributed by atoms with Gasteiger partial charge in [-0.15, -0.1) is 0 Å². The molecule has 0 aliphatic heterocycles. The van der Waals surface area contributed by atoms with E-state index in [1.165, 1.54) is 5.57 Å². The van der Waals surface area contributed by atoms with Crippen LogP contribution in [0.5, 0.6) is 0 Å². The molecule has 1 saturated carbocycles. The minimum atomic E-state index is -0.116. The molecule has 1 heteroatoms. The van der Waals surface area contributed by atoms with Crippen molar-refractivity contribution in [2.75, 3.05) is 0 Å². The molecule has 13 heavy (non-hydrogen) atoms. The Morgan fingerprint density at radius 2 is 2.31 bits per heavy atom. The summed E-state index contributed by atoms with van der Waals surface area (Å²) in [5, 5.41) is 0. The van der Waals surface area contributed by atoms with E-state index < -0.39 is 0 Å². The lowest BCUT2D eigenvalue weighted by atomic mass is 9.67. The number of carbonyl (C=O) groups is 1. The Hall–Kier alpha value is -0.850. The normalized spacial score (nSPS) is 38.5. The molecule has 2 aliphatic rings. The van der Waals surface area contributed by atoms with Crippen molar-refractivity contribution in [3.8, 4) is 0 Å². The van der Waals surface area contributed by atoms with Crippen molar-refractivity contribution in [3.05, 3.63) is 23.8 Å². The zero-order valence-electron chi connectivity index (χ0n) is 8.34. The molecule has 70 valence electrons. The molecule has 0 unspecified atom stereocenters. The van der Waals surface area contributed by atoms with E-state index in [1.54, 1.807) is 0 Å². The number of hydrogen-bond acceptors (Lipinski definition) is 1. The van der Waals surface area contributed by atoms with Gasteiger partial charge in [-0.25, -0.2) is 0 Å². The van der Waals surface area contributed by atoms with Crippen LogP contribution < -0.4 is 0 Å². The van der Waals surface area contributed by atoms with Crippen LogP contribution in [0.25, 0.3) is 0 Å². The highest BCUT2D eigenvalue weighted by Crippen LogP contribution is 2.49. The lowest BCUT2D eigenvalue weighted by Crippen LogP contribution is -2.34. The monoisotopic (exact) mass is 176 g/mol. The first-order chi connectivity index (χ1) is 6.18. The lowest BCUT2D eigenvalue weighted by molar-refractivity contribution is -0.125. The molecule has 0 aromatic carbocycles. The molecular formula is C12H16O. The van der Waals surface area contributed by atoms with Crippen LogP contribution in [0, 0.1) is 11.3 Å². The molecule has 0 amide bonds. The fraction of sp³-hybridized carbons (Fsp3) is 0.583.